The largest absolute Gasteiger partial charge is 0.383 e. The Kier molecular flexibility index (Phi) is 6.51. The van der Waals surface area contributed by atoms with Crippen molar-refractivity contribution in [3.63, 3.8) is 0 Å². The number of imidazole rings is 1. The number of ether oxygens (including phenoxy) is 1. The molecule has 1 fully saturated rings. The maximum absolute atomic E-state index is 13.3. The van der Waals surface area contributed by atoms with Crippen LogP contribution in [0.15, 0.2) is 79.1 Å². The van der Waals surface area contributed by atoms with E-state index in [0.717, 1.165) is 25.2 Å². The summed E-state index contributed by atoms with van der Waals surface area (Å²) in [5, 5.41) is 6.28. The predicted molar refractivity (Wildman–Crippen MR) is 132 cm³/mol. The first-order valence-corrected chi connectivity index (χ1v) is 11.4. The van der Waals surface area contributed by atoms with E-state index in [1.165, 1.54) is 5.56 Å². The normalized spacial score (nSPS) is 18.3. The first-order chi connectivity index (χ1) is 16.7. The lowest BCUT2D eigenvalue weighted by atomic mass is 9.94. The zero-order valence-electron chi connectivity index (χ0n) is 19.1. The summed E-state index contributed by atoms with van der Waals surface area (Å²) >= 11 is 0. The first kappa shape index (κ1) is 22.1. The van der Waals surface area contributed by atoms with Crippen LogP contribution in [0.1, 0.15) is 11.5 Å². The van der Waals surface area contributed by atoms with Crippen LogP contribution in [0.5, 0.6) is 0 Å². The van der Waals surface area contributed by atoms with Gasteiger partial charge in [0, 0.05) is 50.6 Å². The summed E-state index contributed by atoms with van der Waals surface area (Å²) < 4.78 is 7.07. The first-order valence-electron chi connectivity index (χ1n) is 11.4. The van der Waals surface area contributed by atoms with Crippen molar-refractivity contribution in [3.05, 3.63) is 84.7 Å². The van der Waals surface area contributed by atoms with E-state index in [4.69, 9.17) is 4.74 Å². The molecule has 2 amide bonds. The maximum atomic E-state index is 13.3. The van der Waals surface area contributed by atoms with Crippen LogP contribution >= 0.6 is 0 Å². The van der Waals surface area contributed by atoms with Crippen molar-refractivity contribution < 1.29 is 9.53 Å². The number of fused-ring (bicyclic) bond motifs is 1. The molecule has 1 saturated heterocycles. The zero-order chi connectivity index (χ0) is 23.3. The van der Waals surface area contributed by atoms with Gasteiger partial charge in [0.25, 0.3) is 0 Å². The van der Waals surface area contributed by atoms with Crippen LogP contribution in [0.3, 0.4) is 0 Å². The van der Waals surface area contributed by atoms with Crippen LogP contribution in [0, 0.1) is 0 Å². The molecule has 0 radical (unpaired) electrons. The topological polar surface area (TPSA) is 83.8 Å². The quantitative estimate of drug-likeness (QED) is 0.444. The minimum Gasteiger partial charge on any atom is -0.383 e. The molecule has 2 atom stereocenters. The second kappa shape index (κ2) is 10.0. The number of nitrogens with one attached hydrogen (secondary N) is 2. The van der Waals surface area contributed by atoms with Gasteiger partial charge in [0.15, 0.2) is 0 Å². The maximum Gasteiger partial charge on any atom is 0.320 e. The molecule has 0 bridgehead atoms. The van der Waals surface area contributed by atoms with Gasteiger partial charge in [-0.25, -0.2) is 14.8 Å². The van der Waals surface area contributed by atoms with Crippen molar-refractivity contribution in [3.8, 4) is 11.3 Å². The Morgan fingerprint density at radius 3 is 2.59 bits per heavy atom. The van der Waals surface area contributed by atoms with E-state index in [1.807, 2.05) is 60.8 Å². The molecule has 2 aromatic heterocycles. The van der Waals surface area contributed by atoms with Crippen molar-refractivity contribution in [2.24, 2.45) is 0 Å². The van der Waals surface area contributed by atoms with E-state index in [2.05, 4.69) is 37.6 Å². The van der Waals surface area contributed by atoms with Gasteiger partial charge in [0.05, 0.1) is 12.6 Å². The summed E-state index contributed by atoms with van der Waals surface area (Å²) in [6, 6.07) is 21.7. The third-order valence-corrected chi connectivity index (χ3v) is 6.23. The highest BCUT2D eigenvalue weighted by Gasteiger charge is 2.34. The van der Waals surface area contributed by atoms with Crippen LogP contribution in [0.2, 0.25) is 0 Å². The molecule has 3 heterocycles. The Morgan fingerprint density at radius 2 is 1.82 bits per heavy atom. The fourth-order valence-electron chi connectivity index (χ4n) is 4.59. The highest BCUT2D eigenvalue weighted by atomic mass is 16.5. The molecule has 8 heteroatoms. The number of rotatable bonds is 7. The summed E-state index contributed by atoms with van der Waals surface area (Å²) in [5.41, 5.74) is 2.82. The summed E-state index contributed by atoms with van der Waals surface area (Å²) in [6.45, 7) is 3.12. The van der Waals surface area contributed by atoms with Gasteiger partial charge < -0.3 is 10.1 Å². The number of hydrogen-bond acceptors (Lipinski definition) is 5. The number of likely N-dealkylation sites (tertiary alicyclic amines) is 1. The van der Waals surface area contributed by atoms with Crippen LogP contribution in [-0.2, 0) is 4.74 Å². The van der Waals surface area contributed by atoms with Crippen LogP contribution in [0.4, 0.5) is 10.6 Å². The summed E-state index contributed by atoms with van der Waals surface area (Å²) in [7, 11) is 1.71. The van der Waals surface area contributed by atoms with Crippen LogP contribution in [-0.4, -0.2) is 64.7 Å². The second-order valence-electron chi connectivity index (χ2n) is 8.44. The number of methoxy groups -OCH3 is 1. The Labute approximate surface area is 198 Å². The van der Waals surface area contributed by atoms with Gasteiger partial charge in [0.1, 0.15) is 11.5 Å². The number of amides is 2. The lowest BCUT2D eigenvalue weighted by molar-refractivity contribution is 0.159. The summed E-state index contributed by atoms with van der Waals surface area (Å²) in [6.07, 6.45) is 3.55. The highest BCUT2D eigenvalue weighted by molar-refractivity contribution is 5.93. The van der Waals surface area contributed by atoms with Gasteiger partial charge in [0.2, 0.25) is 5.78 Å². The molecule has 2 N–H and O–H groups in total. The molecule has 0 saturated carbocycles. The van der Waals surface area contributed by atoms with E-state index >= 15 is 0 Å². The van der Waals surface area contributed by atoms with E-state index in [-0.39, 0.29) is 18.0 Å². The van der Waals surface area contributed by atoms with Gasteiger partial charge in [-0.1, -0.05) is 60.7 Å². The molecule has 0 aliphatic carbocycles. The van der Waals surface area contributed by atoms with E-state index < -0.39 is 0 Å². The van der Waals surface area contributed by atoms with Gasteiger partial charge in [-0.2, -0.15) is 0 Å². The number of benzene rings is 2. The van der Waals surface area contributed by atoms with Crippen LogP contribution in [0.25, 0.3) is 17.0 Å². The minimum absolute atomic E-state index is 0.0308. The number of urea groups is 1. The number of carbonyl (C=O) groups is 1. The molecule has 0 spiro atoms. The number of aromatic nitrogens is 3. The number of nitrogens with zero attached hydrogens (tertiary/aromatic N) is 4. The van der Waals surface area contributed by atoms with E-state index in [9.17, 15) is 4.79 Å². The fourth-order valence-corrected chi connectivity index (χ4v) is 4.59. The van der Waals surface area contributed by atoms with Crippen molar-refractivity contribution in [2.45, 2.75) is 12.0 Å². The minimum atomic E-state index is -0.262. The molecule has 0 unspecified atom stereocenters. The van der Waals surface area contributed by atoms with Crippen molar-refractivity contribution >= 4 is 17.6 Å². The summed E-state index contributed by atoms with van der Waals surface area (Å²) in [5.74, 6) is 1.32. The zero-order valence-corrected chi connectivity index (χ0v) is 19.1. The molecule has 4 aromatic rings. The van der Waals surface area contributed by atoms with Crippen molar-refractivity contribution in [1.82, 2.24) is 24.6 Å². The molecular formula is C26H28N6O2. The SMILES string of the molecule is COCCN1C[C@@H](NC(=O)Nc2c(-c3ccccc3)nc3ncccn23)[C@H](c2ccccc2)C1. The molecule has 8 nitrogen and oxygen atoms in total. The molecule has 1 aliphatic heterocycles. The Bertz CT molecular complexity index is 1240. The standard InChI is InChI=1S/C26H28N6O2/c1-34-16-15-31-17-21(19-9-4-2-5-10-19)22(18-31)28-26(33)30-24-23(20-11-6-3-7-12-20)29-25-27-13-8-14-32(24)25/h2-14,21-22H,15-18H2,1H3,(H2,28,30,33)/t21-,22+/m0/s1. The number of carbonyl (C=O) groups excluding carboxylic acids is 1. The third kappa shape index (κ3) is 4.64. The molecule has 2 aromatic carbocycles. The predicted octanol–water partition coefficient (Wildman–Crippen LogP) is 3.63. The molecule has 5 rings (SSSR count). The van der Waals surface area contributed by atoms with Gasteiger partial charge in [-0.15, -0.1) is 0 Å². The third-order valence-electron chi connectivity index (χ3n) is 6.23. The van der Waals surface area contributed by atoms with Crippen molar-refractivity contribution in [1.29, 1.82) is 0 Å². The molecular weight excluding hydrogens is 428 g/mol. The van der Waals surface area contributed by atoms with Crippen molar-refractivity contribution in [2.75, 3.05) is 38.7 Å². The Hall–Kier alpha value is -3.75. The lowest BCUT2D eigenvalue weighted by Crippen LogP contribution is -2.42. The van der Waals surface area contributed by atoms with Gasteiger partial charge in [-0.05, 0) is 11.6 Å². The number of hydrogen-bond donors (Lipinski definition) is 2. The average Bonchev–Trinajstić information content (AvgIpc) is 3.45. The average molecular weight is 457 g/mol. The molecule has 1 aliphatic rings. The Morgan fingerprint density at radius 1 is 1.06 bits per heavy atom. The fraction of sp³-hybridized carbons (Fsp3) is 0.269. The molecule has 34 heavy (non-hydrogen) atoms. The van der Waals surface area contributed by atoms with Gasteiger partial charge >= 0.3 is 6.03 Å². The van der Waals surface area contributed by atoms with Gasteiger partial charge in [-0.3, -0.25) is 14.6 Å². The van der Waals surface area contributed by atoms with Crippen LogP contribution < -0.4 is 10.6 Å². The van der Waals surface area contributed by atoms with E-state index in [1.54, 1.807) is 17.7 Å². The lowest BCUT2D eigenvalue weighted by Gasteiger charge is -2.20. The Balaban J connectivity index is 1.39. The highest BCUT2D eigenvalue weighted by Crippen LogP contribution is 2.30. The molecule has 174 valence electrons. The monoisotopic (exact) mass is 456 g/mol. The smallest absolute Gasteiger partial charge is 0.320 e. The number of anilines is 1. The van der Waals surface area contributed by atoms with E-state index in [0.29, 0.717) is 23.9 Å². The second-order valence-corrected chi connectivity index (χ2v) is 8.44. The summed E-state index contributed by atoms with van der Waals surface area (Å²) in [4.78, 5) is 24.6.